The van der Waals surface area contributed by atoms with E-state index in [0.717, 1.165) is 17.9 Å². The molecule has 1 saturated heterocycles. The molecule has 1 aliphatic heterocycles. The number of benzene rings is 2. The van der Waals surface area contributed by atoms with Crippen molar-refractivity contribution in [3.8, 4) is 17.2 Å². The van der Waals surface area contributed by atoms with Gasteiger partial charge in [0, 0.05) is 12.6 Å². The van der Waals surface area contributed by atoms with Crippen LogP contribution in [0.1, 0.15) is 49.7 Å². The van der Waals surface area contributed by atoms with E-state index in [2.05, 4.69) is 42.2 Å². The minimum absolute atomic E-state index is 0.716. The van der Waals surface area contributed by atoms with Gasteiger partial charge in [0.05, 0.1) is 11.6 Å². The zero-order valence-electron chi connectivity index (χ0n) is 15.0. The molecule has 0 aromatic heterocycles. The molecule has 2 aromatic rings. The van der Waals surface area contributed by atoms with E-state index in [0.29, 0.717) is 5.56 Å². The lowest BCUT2D eigenvalue weighted by atomic mass is 9.71. The first-order chi connectivity index (χ1) is 12.2. The molecule has 0 spiro atoms. The van der Waals surface area contributed by atoms with Crippen LogP contribution in [-0.2, 0) is 0 Å². The Morgan fingerprint density at radius 2 is 1.64 bits per heavy atom. The van der Waals surface area contributed by atoms with Crippen LogP contribution in [0, 0.1) is 17.2 Å². The average molecular weight is 330 g/mol. The van der Waals surface area contributed by atoms with Crippen molar-refractivity contribution >= 4 is 0 Å². The van der Waals surface area contributed by atoms with Crippen molar-refractivity contribution in [2.24, 2.45) is 5.92 Å². The SMILES string of the molecule is C[C@H]1CCCN1CC1CC(c2ccc(-c3ccc(C#N)cc3)cc2)C1. The third-order valence-corrected chi connectivity index (χ3v) is 6.15. The summed E-state index contributed by atoms with van der Waals surface area (Å²) in [5.74, 6) is 1.64. The van der Waals surface area contributed by atoms with Crippen LogP contribution in [0.25, 0.3) is 11.1 Å². The van der Waals surface area contributed by atoms with E-state index in [9.17, 15) is 0 Å². The number of hydrogen-bond donors (Lipinski definition) is 0. The van der Waals surface area contributed by atoms with E-state index < -0.39 is 0 Å². The number of nitriles is 1. The van der Waals surface area contributed by atoms with Crippen molar-refractivity contribution in [2.45, 2.75) is 44.6 Å². The Bertz CT molecular complexity index is 748. The van der Waals surface area contributed by atoms with Gasteiger partial charge in [0.25, 0.3) is 0 Å². The Morgan fingerprint density at radius 3 is 2.20 bits per heavy atom. The fourth-order valence-corrected chi connectivity index (χ4v) is 4.44. The van der Waals surface area contributed by atoms with Gasteiger partial charge in [0.15, 0.2) is 0 Å². The van der Waals surface area contributed by atoms with Gasteiger partial charge in [-0.3, -0.25) is 0 Å². The summed E-state index contributed by atoms with van der Waals surface area (Å²) in [6.07, 6.45) is 5.46. The van der Waals surface area contributed by atoms with Crippen molar-refractivity contribution in [2.75, 3.05) is 13.1 Å². The maximum Gasteiger partial charge on any atom is 0.0991 e. The fraction of sp³-hybridized carbons (Fsp3) is 0.435. The lowest BCUT2D eigenvalue weighted by molar-refractivity contribution is 0.154. The van der Waals surface area contributed by atoms with Crippen LogP contribution in [0.15, 0.2) is 48.5 Å². The Labute approximate surface area is 151 Å². The Kier molecular flexibility index (Phi) is 4.59. The van der Waals surface area contributed by atoms with Crippen molar-refractivity contribution in [1.82, 2.24) is 4.90 Å². The largest absolute Gasteiger partial charge is 0.300 e. The van der Waals surface area contributed by atoms with Crippen LogP contribution in [0.5, 0.6) is 0 Å². The zero-order valence-corrected chi connectivity index (χ0v) is 15.0. The molecule has 1 saturated carbocycles. The fourth-order valence-electron chi connectivity index (χ4n) is 4.44. The van der Waals surface area contributed by atoms with Gasteiger partial charge in [-0.15, -0.1) is 0 Å². The Hall–Kier alpha value is -2.11. The third kappa shape index (κ3) is 3.48. The van der Waals surface area contributed by atoms with Gasteiger partial charge in [-0.2, -0.15) is 5.26 Å². The van der Waals surface area contributed by atoms with Gasteiger partial charge in [-0.1, -0.05) is 36.4 Å². The molecule has 2 heteroatoms. The molecule has 0 N–H and O–H groups in total. The van der Waals surface area contributed by atoms with Crippen LogP contribution < -0.4 is 0 Å². The molecule has 0 amide bonds. The predicted molar refractivity (Wildman–Crippen MR) is 102 cm³/mol. The highest BCUT2D eigenvalue weighted by molar-refractivity contribution is 5.64. The van der Waals surface area contributed by atoms with E-state index in [1.54, 1.807) is 0 Å². The lowest BCUT2D eigenvalue weighted by Gasteiger charge is -2.39. The van der Waals surface area contributed by atoms with Crippen LogP contribution in [0.2, 0.25) is 0 Å². The molecule has 1 aliphatic carbocycles. The summed E-state index contributed by atoms with van der Waals surface area (Å²) in [6, 6.07) is 19.9. The summed E-state index contributed by atoms with van der Waals surface area (Å²) in [5.41, 5.74) is 4.62. The van der Waals surface area contributed by atoms with Gasteiger partial charge in [-0.05, 0) is 79.8 Å². The first-order valence-corrected chi connectivity index (χ1v) is 9.57. The first-order valence-electron chi connectivity index (χ1n) is 9.57. The molecule has 0 unspecified atom stereocenters. The van der Waals surface area contributed by atoms with Crippen molar-refractivity contribution in [1.29, 1.82) is 5.26 Å². The van der Waals surface area contributed by atoms with Gasteiger partial charge >= 0.3 is 0 Å². The molecule has 0 bridgehead atoms. The maximum absolute atomic E-state index is 8.90. The molecule has 2 aliphatic rings. The van der Waals surface area contributed by atoms with Crippen molar-refractivity contribution < 1.29 is 0 Å². The molecule has 2 aromatic carbocycles. The molecule has 4 rings (SSSR count). The molecule has 2 nitrogen and oxygen atoms in total. The second kappa shape index (κ2) is 7.02. The van der Waals surface area contributed by atoms with E-state index in [1.165, 1.54) is 55.5 Å². The second-order valence-electron chi connectivity index (χ2n) is 7.83. The smallest absolute Gasteiger partial charge is 0.0991 e. The van der Waals surface area contributed by atoms with Gasteiger partial charge < -0.3 is 4.90 Å². The summed E-state index contributed by atoms with van der Waals surface area (Å²) >= 11 is 0. The number of rotatable bonds is 4. The molecule has 1 atom stereocenters. The normalized spacial score (nSPS) is 26.2. The highest BCUT2D eigenvalue weighted by atomic mass is 15.2. The van der Waals surface area contributed by atoms with E-state index >= 15 is 0 Å². The van der Waals surface area contributed by atoms with Gasteiger partial charge in [0.1, 0.15) is 0 Å². The minimum atomic E-state index is 0.716. The first kappa shape index (κ1) is 16.4. The van der Waals surface area contributed by atoms with E-state index in [1.807, 2.05) is 24.3 Å². The maximum atomic E-state index is 8.90. The third-order valence-electron chi connectivity index (χ3n) is 6.15. The highest BCUT2D eigenvalue weighted by Crippen LogP contribution is 2.43. The zero-order chi connectivity index (χ0) is 17.2. The topological polar surface area (TPSA) is 27.0 Å². The molecule has 2 fully saturated rings. The number of likely N-dealkylation sites (tertiary alicyclic amines) is 1. The van der Waals surface area contributed by atoms with Gasteiger partial charge in [0.2, 0.25) is 0 Å². The summed E-state index contributed by atoms with van der Waals surface area (Å²) in [4.78, 5) is 2.69. The van der Waals surface area contributed by atoms with E-state index in [-0.39, 0.29) is 0 Å². The monoisotopic (exact) mass is 330 g/mol. The molecule has 128 valence electrons. The quantitative estimate of drug-likeness (QED) is 0.770. The minimum Gasteiger partial charge on any atom is -0.300 e. The summed E-state index contributed by atoms with van der Waals surface area (Å²) in [6.45, 7) is 4.99. The highest BCUT2D eigenvalue weighted by Gasteiger charge is 2.33. The predicted octanol–water partition coefficient (Wildman–Crippen LogP) is 5.20. The van der Waals surface area contributed by atoms with Crippen LogP contribution >= 0.6 is 0 Å². The number of nitrogens with zero attached hydrogens (tertiary/aromatic N) is 2. The van der Waals surface area contributed by atoms with Crippen LogP contribution in [-0.4, -0.2) is 24.0 Å². The second-order valence-corrected chi connectivity index (χ2v) is 7.83. The summed E-state index contributed by atoms with van der Waals surface area (Å²) in [5, 5.41) is 8.90. The standard InChI is InChI=1S/C23H26N2/c1-17-3-2-12-25(17)16-19-13-23(14-19)22-10-8-21(9-11-22)20-6-4-18(15-24)5-7-20/h4-11,17,19,23H,2-3,12-14,16H2,1H3/t17-,19?,23?/m0/s1. The molecule has 0 radical (unpaired) electrons. The molecular formula is C23H26N2. The molecule has 25 heavy (non-hydrogen) atoms. The summed E-state index contributed by atoms with van der Waals surface area (Å²) < 4.78 is 0. The van der Waals surface area contributed by atoms with Crippen molar-refractivity contribution in [3.63, 3.8) is 0 Å². The van der Waals surface area contributed by atoms with Crippen LogP contribution in [0.4, 0.5) is 0 Å². The average Bonchev–Trinajstić information content (AvgIpc) is 3.03. The van der Waals surface area contributed by atoms with E-state index in [4.69, 9.17) is 5.26 Å². The number of hydrogen-bond acceptors (Lipinski definition) is 2. The van der Waals surface area contributed by atoms with Crippen LogP contribution in [0.3, 0.4) is 0 Å². The Balaban J connectivity index is 1.34. The van der Waals surface area contributed by atoms with Gasteiger partial charge in [-0.25, -0.2) is 0 Å². The lowest BCUT2D eigenvalue weighted by Crippen LogP contribution is -2.37. The molecule has 1 heterocycles. The Morgan fingerprint density at radius 1 is 1.00 bits per heavy atom. The molecular weight excluding hydrogens is 304 g/mol. The summed E-state index contributed by atoms with van der Waals surface area (Å²) in [7, 11) is 0. The van der Waals surface area contributed by atoms with Crippen molar-refractivity contribution in [3.05, 3.63) is 59.7 Å².